The Morgan fingerprint density at radius 2 is 1.86 bits per heavy atom. The number of rotatable bonds is 5. The molecule has 1 aromatic carbocycles. The van der Waals surface area contributed by atoms with E-state index in [-0.39, 0.29) is 5.69 Å². The SMILES string of the molecule is O=[N+]([O-])c1ccc(C(CS(=O)(=O)F)N2CCOCC2)cc1. The number of morpholine rings is 1. The minimum absolute atomic E-state index is 0.0948. The van der Waals surface area contributed by atoms with E-state index in [4.69, 9.17) is 4.74 Å². The molecule has 9 heteroatoms. The summed E-state index contributed by atoms with van der Waals surface area (Å²) in [6, 6.07) is 4.82. The minimum atomic E-state index is -4.66. The first-order chi connectivity index (χ1) is 9.87. The fraction of sp³-hybridized carbons (Fsp3) is 0.500. The largest absolute Gasteiger partial charge is 0.379 e. The Bertz CT molecular complexity index is 599. The molecule has 0 amide bonds. The van der Waals surface area contributed by atoms with Crippen molar-refractivity contribution in [3.8, 4) is 0 Å². The summed E-state index contributed by atoms with van der Waals surface area (Å²) in [6.07, 6.45) is 0. The van der Waals surface area contributed by atoms with Crippen molar-refractivity contribution in [1.29, 1.82) is 0 Å². The lowest BCUT2D eigenvalue weighted by molar-refractivity contribution is -0.384. The summed E-state index contributed by atoms with van der Waals surface area (Å²) in [7, 11) is -4.66. The Kier molecular flexibility index (Phi) is 4.86. The topological polar surface area (TPSA) is 89.8 Å². The lowest BCUT2D eigenvalue weighted by atomic mass is 10.1. The molecule has 1 saturated heterocycles. The number of non-ortho nitro benzene ring substituents is 1. The Hall–Kier alpha value is -1.58. The van der Waals surface area contributed by atoms with Crippen LogP contribution < -0.4 is 0 Å². The van der Waals surface area contributed by atoms with Crippen LogP contribution in [0, 0.1) is 10.1 Å². The van der Waals surface area contributed by atoms with Crippen molar-refractivity contribution in [2.75, 3.05) is 32.1 Å². The maximum atomic E-state index is 13.1. The third-order valence-electron chi connectivity index (χ3n) is 3.33. The predicted molar refractivity (Wildman–Crippen MR) is 73.1 cm³/mol. The van der Waals surface area contributed by atoms with Gasteiger partial charge in [0.25, 0.3) is 5.69 Å². The van der Waals surface area contributed by atoms with E-state index in [1.54, 1.807) is 0 Å². The smallest absolute Gasteiger partial charge is 0.304 e. The van der Waals surface area contributed by atoms with E-state index in [2.05, 4.69) is 0 Å². The molecule has 0 N–H and O–H groups in total. The van der Waals surface area contributed by atoms with E-state index in [1.807, 2.05) is 4.90 Å². The van der Waals surface area contributed by atoms with Crippen LogP contribution in [0.15, 0.2) is 24.3 Å². The molecule has 1 fully saturated rings. The summed E-state index contributed by atoms with van der Waals surface area (Å²) in [5, 5.41) is 10.6. The number of ether oxygens (including phenoxy) is 1. The van der Waals surface area contributed by atoms with Gasteiger partial charge in [-0.25, -0.2) is 0 Å². The second kappa shape index (κ2) is 6.46. The molecule has 0 radical (unpaired) electrons. The van der Waals surface area contributed by atoms with Crippen LogP contribution in [0.2, 0.25) is 0 Å². The zero-order chi connectivity index (χ0) is 15.5. The number of benzene rings is 1. The number of nitro groups is 1. The summed E-state index contributed by atoms with van der Waals surface area (Å²) in [5.74, 6) is -0.676. The summed E-state index contributed by atoms with van der Waals surface area (Å²) in [4.78, 5) is 11.9. The number of hydrogen-bond acceptors (Lipinski definition) is 6. The number of hydrogen-bond donors (Lipinski definition) is 0. The van der Waals surface area contributed by atoms with Gasteiger partial charge >= 0.3 is 10.2 Å². The molecule has 0 saturated carbocycles. The molecule has 0 aromatic heterocycles. The molecule has 1 unspecified atom stereocenters. The van der Waals surface area contributed by atoms with Gasteiger partial charge in [-0.2, -0.15) is 8.42 Å². The van der Waals surface area contributed by atoms with Gasteiger partial charge in [-0.05, 0) is 5.56 Å². The standard InChI is InChI=1S/C12H15FN2O5S/c13-21(18,19)9-12(14-5-7-20-8-6-14)10-1-3-11(4-2-10)15(16)17/h1-4,12H,5-9H2. The molecule has 7 nitrogen and oxygen atoms in total. The molecule has 0 spiro atoms. The van der Waals surface area contributed by atoms with Gasteiger partial charge < -0.3 is 4.74 Å². The molecule has 1 heterocycles. The minimum Gasteiger partial charge on any atom is -0.379 e. The predicted octanol–water partition coefficient (Wildman–Crippen LogP) is 1.27. The van der Waals surface area contributed by atoms with Crippen molar-refractivity contribution >= 4 is 15.9 Å². The van der Waals surface area contributed by atoms with Crippen molar-refractivity contribution in [3.63, 3.8) is 0 Å². The van der Waals surface area contributed by atoms with E-state index >= 15 is 0 Å². The second-order valence-electron chi connectivity index (χ2n) is 4.72. The average molecular weight is 318 g/mol. The normalized spacial score (nSPS) is 18.3. The number of halogens is 1. The third-order valence-corrected chi connectivity index (χ3v) is 4.05. The summed E-state index contributed by atoms with van der Waals surface area (Å²) < 4.78 is 40.3. The van der Waals surface area contributed by atoms with Crippen molar-refractivity contribution in [1.82, 2.24) is 4.90 Å². The van der Waals surface area contributed by atoms with E-state index in [0.29, 0.717) is 31.9 Å². The molecule has 1 aliphatic rings. The summed E-state index contributed by atoms with van der Waals surface area (Å²) >= 11 is 0. The lowest BCUT2D eigenvalue weighted by Gasteiger charge is -2.33. The monoisotopic (exact) mass is 318 g/mol. The van der Waals surface area contributed by atoms with Crippen molar-refractivity contribution in [2.24, 2.45) is 0 Å². The Balaban J connectivity index is 2.27. The highest BCUT2D eigenvalue weighted by Crippen LogP contribution is 2.26. The molecule has 1 atom stereocenters. The van der Waals surface area contributed by atoms with Crippen molar-refractivity contribution in [2.45, 2.75) is 6.04 Å². The highest BCUT2D eigenvalue weighted by atomic mass is 32.3. The van der Waals surface area contributed by atoms with E-state index in [9.17, 15) is 22.4 Å². The molecular weight excluding hydrogens is 303 g/mol. The lowest BCUT2D eigenvalue weighted by Crippen LogP contribution is -2.41. The number of nitrogens with zero attached hydrogens (tertiary/aromatic N) is 2. The van der Waals surface area contributed by atoms with Gasteiger partial charge in [-0.1, -0.05) is 12.1 Å². The maximum Gasteiger partial charge on any atom is 0.304 e. The van der Waals surface area contributed by atoms with Gasteiger partial charge in [0.2, 0.25) is 0 Å². The summed E-state index contributed by atoms with van der Waals surface area (Å²) in [6.45, 7) is 1.85. The highest BCUT2D eigenvalue weighted by Gasteiger charge is 2.28. The van der Waals surface area contributed by atoms with Crippen LogP contribution in [0.5, 0.6) is 0 Å². The Morgan fingerprint density at radius 3 is 2.33 bits per heavy atom. The molecule has 1 aliphatic heterocycles. The Labute approximate surface area is 121 Å². The van der Waals surface area contributed by atoms with Gasteiger partial charge in [0.05, 0.1) is 29.9 Å². The van der Waals surface area contributed by atoms with Gasteiger partial charge in [0.15, 0.2) is 0 Å². The molecule has 0 aliphatic carbocycles. The van der Waals surface area contributed by atoms with Crippen molar-refractivity contribution in [3.05, 3.63) is 39.9 Å². The van der Waals surface area contributed by atoms with E-state index < -0.39 is 26.9 Å². The first-order valence-electron chi connectivity index (χ1n) is 6.35. The summed E-state index contributed by atoms with van der Waals surface area (Å²) in [5.41, 5.74) is 0.436. The molecular formula is C12H15FN2O5S. The fourth-order valence-electron chi connectivity index (χ4n) is 2.31. The Morgan fingerprint density at radius 1 is 1.29 bits per heavy atom. The van der Waals surface area contributed by atoms with Crippen LogP contribution in [0.1, 0.15) is 11.6 Å². The van der Waals surface area contributed by atoms with Gasteiger partial charge in [0.1, 0.15) is 0 Å². The zero-order valence-corrected chi connectivity index (χ0v) is 12.0. The van der Waals surface area contributed by atoms with Crippen molar-refractivity contribution < 1.29 is 22.0 Å². The van der Waals surface area contributed by atoms with Crippen LogP contribution in [-0.2, 0) is 15.0 Å². The average Bonchev–Trinajstić information content (AvgIpc) is 2.45. The van der Waals surface area contributed by atoms with Crippen LogP contribution in [0.4, 0.5) is 9.57 Å². The van der Waals surface area contributed by atoms with E-state index in [1.165, 1.54) is 24.3 Å². The van der Waals surface area contributed by atoms with Gasteiger partial charge in [-0.15, -0.1) is 3.89 Å². The highest BCUT2D eigenvalue weighted by molar-refractivity contribution is 7.86. The van der Waals surface area contributed by atoms with Crippen LogP contribution >= 0.6 is 0 Å². The molecule has 2 rings (SSSR count). The van der Waals surface area contributed by atoms with Gasteiger partial charge in [-0.3, -0.25) is 15.0 Å². The quantitative estimate of drug-likeness (QED) is 0.461. The fourth-order valence-corrected chi connectivity index (χ4v) is 3.09. The van der Waals surface area contributed by atoms with Crippen LogP contribution in [0.3, 0.4) is 0 Å². The van der Waals surface area contributed by atoms with Crippen LogP contribution in [0.25, 0.3) is 0 Å². The molecule has 0 bridgehead atoms. The molecule has 116 valence electrons. The molecule has 1 aromatic rings. The first-order valence-corrected chi connectivity index (χ1v) is 7.90. The maximum absolute atomic E-state index is 13.1. The van der Waals surface area contributed by atoms with Gasteiger partial charge in [0, 0.05) is 25.2 Å². The van der Waals surface area contributed by atoms with Crippen LogP contribution in [-0.4, -0.2) is 50.3 Å². The number of nitro benzene ring substituents is 1. The first kappa shape index (κ1) is 15.8. The zero-order valence-electron chi connectivity index (χ0n) is 11.1. The second-order valence-corrected chi connectivity index (χ2v) is 6.13. The van der Waals surface area contributed by atoms with E-state index in [0.717, 1.165) is 0 Å². The third kappa shape index (κ3) is 4.45. The molecule has 21 heavy (non-hydrogen) atoms.